The number of hydrogen-bond donors (Lipinski definition) is 1. The molecule has 0 saturated carbocycles. The zero-order chi connectivity index (χ0) is 12.3. The average Bonchev–Trinajstić information content (AvgIpc) is 2.72. The quantitative estimate of drug-likeness (QED) is 0.879. The molecule has 4 heteroatoms. The summed E-state index contributed by atoms with van der Waals surface area (Å²) in [4.78, 5) is 0. The van der Waals surface area contributed by atoms with Gasteiger partial charge >= 0.3 is 0 Å². The minimum atomic E-state index is 0.714. The Hall–Kier alpha value is -1.81. The molecule has 4 nitrogen and oxygen atoms in total. The second kappa shape index (κ2) is 5.01. The number of nitrogens with one attached hydrogen (secondary N) is 1. The molecule has 0 atom stereocenters. The van der Waals surface area contributed by atoms with E-state index in [1.54, 1.807) is 7.11 Å². The first-order chi connectivity index (χ1) is 8.26. The van der Waals surface area contributed by atoms with Crippen molar-refractivity contribution in [1.82, 2.24) is 10.5 Å². The molecule has 1 N–H and O–H groups in total. The molecule has 90 valence electrons. The number of nitrogens with zero attached hydrogens (tertiary/aromatic N) is 1. The molecule has 0 amide bonds. The molecule has 0 radical (unpaired) electrons. The predicted octanol–water partition coefficient (Wildman–Crippen LogP) is 2.38. The van der Waals surface area contributed by atoms with Gasteiger partial charge in [0.15, 0.2) is 5.76 Å². The van der Waals surface area contributed by atoms with E-state index in [1.807, 2.05) is 38.2 Å². The van der Waals surface area contributed by atoms with Crippen molar-refractivity contribution in [2.75, 3.05) is 14.2 Å². The zero-order valence-corrected chi connectivity index (χ0v) is 10.3. The van der Waals surface area contributed by atoms with Crippen molar-refractivity contribution >= 4 is 0 Å². The molecule has 0 unspecified atom stereocenters. The highest BCUT2D eigenvalue weighted by atomic mass is 16.5. The van der Waals surface area contributed by atoms with E-state index in [4.69, 9.17) is 9.26 Å². The Morgan fingerprint density at radius 1 is 1.29 bits per heavy atom. The summed E-state index contributed by atoms with van der Waals surface area (Å²) in [6, 6.07) is 7.76. The Morgan fingerprint density at radius 3 is 2.59 bits per heavy atom. The molecule has 0 aliphatic heterocycles. The van der Waals surface area contributed by atoms with E-state index in [0.717, 1.165) is 28.3 Å². The van der Waals surface area contributed by atoms with Crippen LogP contribution in [-0.2, 0) is 6.54 Å². The molecule has 1 aromatic heterocycles. The Labute approximate surface area is 101 Å². The van der Waals surface area contributed by atoms with Gasteiger partial charge < -0.3 is 14.6 Å². The first kappa shape index (κ1) is 11.7. The lowest BCUT2D eigenvalue weighted by Gasteiger charge is -2.01. The summed E-state index contributed by atoms with van der Waals surface area (Å²) in [6.45, 7) is 2.73. The van der Waals surface area contributed by atoms with E-state index >= 15 is 0 Å². The third kappa shape index (κ3) is 2.31. The highest BCUT2D eigenvalue weighted by Gasteiger charge is 2.12. The number of aromatic nitrogens is 1. The van der Waals surface area contributed by atoms with Crippen LogP contribution in [0.4, 0.5) is 0 Å². The van der Waals surface area contributed by atoms with E-state index in [9.17, 15) is 0 Å². The molecule has 17 heavy (non-hydrogen) atoms. The topological polar surface area (TPSA) is 47.3 Å². The SMILES string of the molecule is CNCc1noc(-c2ccc(OC)cc2)c1C. The molecule has 1 aromatic carbocycles. The van der Waals surface area contributed by atoms with Gasteiger partial charge in [-0.05, 0) is 38.2 Å². The summed E-state index contributed by atoms with van der Waals surface area (Å²) >= 11 is 0. The Bertz CT molecular complexity index is 489. The summed E-state index contributed by atoms with van der Waals surface area (Å²) < 4.78 is 10.5. The van der Waals surface area contributed by atoms with E-state index in [1.165, 1.54) is 0 Å². The van der Waals surface area contributed by atoms with Crippen LogP contribution in [0.5, 0.6) is 5.75 Å². The molecule has 0 aliphatic carbocycles. The Balaban J connectivity index is 2.32. The van der Waals surface area contributed by atoms with Crippen LogP contribution in [0.3, 0.4) is 0 Å². The summed E-state index contributed by atoms with van der Waals surface area (Å²) in [5.41, 5.74) is 3.03. The lowest BCUT2D eigenvalue weighted by molar-refractivity contribution is 0.414. The average molecular weight is 232 g/mol. The number of benzene rings is 1. The maximum absolute atomic E-state index is 5.38. The number of ether oxygens (including phenoxy) is 1. The zero-order valence-electron chi connectivity index (χ0n) is 10.3. The van der Waals surface area contributed by atoms with Crippen molar-refractivity contribution in [1.29, 1.82) is 0 Å². The van der Waals surface area contributed by atoms with Gasteiger partial charge in [-0.1, -0.05) is 5.16 Å². The van der Waals surface area contributed by atoms with Crippen molar-refractivity contribution in [3.8, 4) is 17.1 Å². The van der Waals surface area contributed by atoms with Gasteiger partial charge in [-0.15, -0.1) is 0 Å². The first-order valence-corrected chi connectivity index (χ1v) is 5.50. The molecule has 0 bridgehead atoms. The fraction of sp³-hybridized carbons (Fsp3) is 0.308. The Kier molecular flexibility index (Phi) is 3.44. The lowest BCUT2D eigenvalue weighted by atomic mass is 10.1. The standard InChI is InChI=1S/C13H16N2O2/c1-9-12(8-14-2)15-17-13(9)10-4-6-11(16-3)7-5-10/h4-7,14H,8H2,1-3H3. The van der Waals surface area contributed by atoms with Gasteiger partial charge in [-0.3, -0.25) is 0 Å². The lowest BCUT2D eigenvalue weighted by Crippen LogP contribution is -2.06. The van der Waals surface area contributed by atoms with Crippen LogP contribution < -0.4 is 10.1 Å². The third-order valence-corrected chi connectivity index (χ3v) is 2.72. The van der Waals surface area contributed by atoms with Gasteiger partial charge in [0.2, 0.25) is 0 Å². The summed E-state index contributed by atoms with van der Waals surface area (Å²) in [5, 5.41) is 7.12. The molecule has 0 spiro atoms. The second-order valence-electron chi connectivity index (χ2n) is 3.84. The molecule has 0 fully saturated rings. The normalized spacial score (nSPS) is 10.5. The molecular formula is C13H16N2O2. The van der Waals surface area contributed by atoms with Crippen LogP contribution >= 0.6 is 0 Å². The smallest absolute Gasteiger partial charge is 0.170 e. The van der Waals surface area contributed by atoms with Gasteiger partial charge in [0.1, 0.15) is 11.4 Å². The monoisotopic (exact) mass is 232 g/mol. The summed E-state index contributed by atoms with van der Waals surface area (Å²) in [7, 11) is 3.54. The van der Waals surface area contributed by atoms with Crippen LogP contribution in [0.25, 0.3) is 11.3 Å². The van der Waals surface area contributed by atoms with Gasteiger partial charge in [-0.2, -0.15) is 0 Å². The van der Waals surface area contributed by atoms with Crippen LogP contribution in [0.2, 0.25) is 0 Å². The fourth-order valence-corrected chi connectivity index (χ4v) is 1.71. The predicted molar refractivity (Wildman–Crippen MR) is 66.0 cm³/mol. The second-order valence-corrected chi connectivity index (χ2v) is 3.84. The van der Waals surface area contributed by atoms with Crippen LogP contribution in [0.15, 0.2) is 28.8 Å². The van der Waals surface area contributed by atoms with Gasteiger partial charge in [0, 0.05) is 17.7 Å². The highest BCUT2D eigenvalue weighted by molar-refractivity contribution is 5.62. The number of methoxy groups -OCH3 is 1. The molecule has 0 saturated heterocycles. The summed E-state index contributed by atoms with van der Waals surface area (Å²) in [5.74, 6) is 1.65. The van der Waals surface area contributed by atoms with Crippen LogP contribution in [-0.4, -0.2) is 19.3 Å². The van der Waals surface area contributed by atoms with Crippen molar-refractivity contribution < 1.29 is 9.26 Å². The van der Waals surface area contributed by atoms with Gasteiger partial charge in [0.25, 0.3) is 0 Å². The van der Waals surface area contributed by atoms with E-state index in [0.29, 0.717) is 6.54 Å². The number of hydrogen-bond acceptors (Lipinski definition) is 4. The molecule has 1 heterocycles. The molecular weight excluding hydrogens is 216 g/mol. The van der Waals surface area contributed by atoms with Gasteiger partial charge in [0.05, 0.1) is 7.11 Å². The fourth-order valence-electron chi connectivity index (χ4n) is 1.71. The first-order valence-electron chi connectivity index (χ1n) is 5.50. The van der Waals surface area contributed by atoms with Crippen molar-refractivity contribution in [2.24, 2.45) is 0 Å². The highest BCUT2D eigenvalue weighted by Crippen LogP contribution is 2.27. The van der Waals surface area contributed by atoms with Crippen LogP contribution in [0.1, 0.15) is 11.3 Å². The van der Waals surface area contributed by atoms with Crippen LogP contribution in [0, 0.1) is 6.92 Å². The maximum atomic E-state index is 5.38. The minimum absolute atomic E-state index is 0.714. The van der Waals surface area contributed by atoms with E-state index < -0.39 is 0 Å². The van der Waals surface area contributed by atoms with E-state index in [-0.39, 0.29) is 0 Å². The molecule has 2 aromatic rings. The molecule has 0 aliphatic rings. The van der Waals surface area contributed by atoms with Gasteiger partial charge in [-0.25, -0.2) is 0 Å². The maximum Gasteiger partial charge on any atom is 0.170 e. The minimum Gasteiger partial charge on any atom is -0.497 e. The third-order valence-electron chi connectivity index (χ3n) is 2.72. The number of rotatable bonds is 4. The Morgan fingerprint density at radius 2 is 2.00 bits per heavy atom. The summed E-state index contributed by atoms with van der Waals surface area (Å²) in [6.07, 6.45) is 0. The molecule has 2 rings (SSSR count). The van der Waals surface area contributed by atoms with Crippen molar-refractivity contribution in [3.63, 3.8) is 0 Å². The largest absolute Gasteiger partial charge is 0.497 e. The van der Waals surface area contributed by atoms with Crippen molar-refractivity contribution in [2.45, 2.75) is 13.5 Å². The van der Waals surface area contributed by atoms with E-state index in [2.05, 4.69) is 10.5 Å². The van der Waals surface area contributed by atoms with Crippen molar-refractivity contribution in [3.05, 3.63) is 35.5 Å².